The fraction of sp³-hybridized carbons (Fsp3) is 0.889. The minimum atomic E-state index is -5.01. The van der Waals surface area contributed by atoms with Gasteiger partial charge in [-0.3, -0.25) is 0 Å². The van der Waals surface area contributed by atoms with E-state index in [9.17, 15) is 17.7 Å². The Balaban J connectivity index is 0.00000256. The quantitative estimate of drug-likeness (QED) is 0.620. The van der Waals surface area contributed by atoms with Crippen LogP contribution in [0.5, 0.6) is 0 Å². The van der Waals surface area contributed by atoms with Crippen LogP contribution in [0, 0.1) is 0 Å². The Bertz CT molecular complexity index is 280. The molecule has 0 aromatic carbocycles. The van der Waals surface area contributed by atoms with E-state index in [2.05, 4.69) is 0 Å². The first-order valence-corrected chi connectivity index (χ1v) is 5.31. The summed E-state index contributed by atoms with van der Waals surface area (Å²) in [5, 5.41) is 0. The molecule has 17 heavy (non-hydrogen) atoms. The van der Waals surface area contributed by atoms with E-state index in [-0.39, 0.29) is 64.4 Å². The molecular formula is C9H16BF3KNO2. The number of hydrogen-bond donors (Lipinski definition) is 0. The minimum absolute atomic E-state index is 0. The topological polar surface area (TPSA) is 29.5 Å². The number of nitrogens with zero attached hydrogens (tertiary/aromatic N) is 1. The average molecular weight is 277 g/mol. The Morgan fingerprint density at radius 3 is 2.29 bits per heavy atom. The van der Waals surface area contributed by atoms with Gasteiger partial charge in [0.05, 0.1) is 0 Å². The monoisotopic (exact) mass is 277 g/mol. The van der Waals surface area contributed by atoms with E-state index in [1.54, 1.807) is 20.8 Å². The van der Waals surface area contributed by atoms with Gasteiger partial charge in [-0.15, -0.1) is 0 Å². The standard InChI is InChI=1S/C9H16BF3NO2.K/c1-9(2,3)16-8(15)14-6-4-5-7(14)10(11,12)13;/h7H,4-6H2,1-3H3;/q-1;+1. The second kappa shape index (κ2) is 6.27. The largest absolute Gasteiger partial charge is 1.00 e. The molecule has 1 saturated heterocycles. The molecule has 0 aromatic heterocycles. The Morgan fingerprint density at radius 2 is 1.88 bits per heavy atom. The average Bonchev–Trinajstić information content (AvgIpc) is 2.45. The molecule has 1 fully saturated rings. The summed E-state index contributed by atoms with van der Waals surface area (Å²) in [6, 6.07) is 0. The van der Waals surface area contributed by atoms with Crippen molar-refractivity contribution in [2.24, 2.45) is 0 Å². The molecule has 1 rings (SSSR count). The number of amides is 1. The number of carbonyl (C=O) groups excluding carboxylic acids is 1. The van der Waals surface area contributed by atoms with E-state index in [0.717, 1.165) is 4.90 Å². The first-order valence-electron chi connectivity index (χ1n) is 5.31. The number of likely N-dealkylation sites (tertiary alicyclic amines) is 1. The number of ether oxygens (including phenoxy) is 1. The molecule has 0 aliphatic carbocycles. The molecule has 0 N–H and O–H groups in total. The molecular weight excluding hydrogens is 261 g/mol. The fourth-order valence-corrected chi connectivity index (χ4v) is 1.73. The zero-order valence-corrected chi connectivity index (χ0v) is 13.8. The van der Waals surface area contributed by atoms with E-state index < -0.39 is 24.6 Å². The van der Waals surface area contributed by atoms with Crippen LogP contribution in [0.4, 0.5) is 17.7 Å². The molecule has 94 valence electrons. The van der Waals surface area contributed by atoms with Gasteiger partial charge in [-0.2, -0.15) is 0 Å². The van der Waals surface area contributed by atoms with Crippen LogP contribution < -0.4 is 51.4 Å². The molecule has 3 nitrogen and oxygen atoms in total. The van der Waals surface area contributed by atoms with Gasteiger partial charge in [-0.05, 0) is 27.2 Å². The molecule has 0 radical (unpaired) electrons. The van der Waals surface area contributed by atoms with Crippen molar-refractivity contribution >= 4 is 13.1 Å². The minimum Gasteiger partial charge on any atom is -0.448 e. The van der Waals surface area contributed by atoms with Gasteiger partial charge in [-0.25, -0.2) is 4.79 Å². The first kappa shape index (κ1) is 17.8. The maximum absolute atomic E-state index is 12.6. The van der Waals surface area contributed by atoms with Gasteiger partial charge in [0.1, 0.15) is 5.60 Å². The fourth-order valence-electron chi connectivity index (χ4n) is 1.73. The summed E-state index contributed by atoms with van der Waals surface area (Å²) in [5.41, 5.74) is -0.761. The Kier molecular flexibility index (Phi) is 6.56. The van der Waals surface area contributed by atoms with Crippen molar-refractivity contribution in [3.8, 4) is 0 Å². The third-order valence-corrected chi connectivity index (χ3v) is 2.36. The number of carbonyl (C=O) groups is 1. The van der Waals surface area contributed by atoms with Crippen molar-refractivity contribution in [1.82, 2.24) is 4.90 Å². The van der Waals surface area contributed by atoms with Gasteiger partial charge in [-0.1, -0.05) is 6.42 Å². The Morgan fingerprint density at radius 1 is 1.35 bits per heavy atom. The summed E-state index contributed by atoms with van der Waals surface area (Å²) in [6.07, 6.45) is -0.498. The van der Waals surface area contributed by atoms with Crippen molar-refractivity contribution in [2.75, 3.05) is 6.54 Å². The maximum atomic E-state index is 12.6. The summed E-state index contributed by atoms with van der Waals surface area (Å²) in [6.45, 7) is 0.0144. The second-order valence-electron chi connectivity index (χ2n) is 5.01. The van der Waals surface area contributed by atoms with Gasteiger partial charge < -0.3 is 22.6 Å². The van der Waals surface area contributed by atoms with E-state index in [4.69, 9.17) is 4.74 Å². The zero-order chi connectivity index (χ0) is 12.6. The summed E-state index contributed by atoms with van der Waals surface area (Å²) < 4.78 is 42.8. The molecule has 1 unspecified atom stereocenters. The van der Waals surface area contributed by atoms with Crippen LogP contribution in [0.15, 0.2) is 0 Å². The number of hydrogen-bond acceptors (Lipinski definition) is 2. The van der Waals surface area contributed by atoms with Crippen molar-refractivity contribution in [3.05, 3.63) is 0 Å². The SMILES string of the molecule is CC(C)(C)OC(=O)N1CCCC1[B-](F)(F)F.[K+]. The predicted molar refractivity (Wildman–Crippen MR) is 55.0 cm³/mol. The van der Waals surface area contributed by atoms with Gasteiger partial charge in [0, 0.05) is 12.5 Å². The predicted octanol–water partition coefficient (Wildman–Crippen LogP) is -0.224. The van der Waals surface area contributed by atoms with Gasteiger partial charge in [0.25, 0.3) is 0 Å². The van der Waals surface area contributed by atoms with Crippen LogP contribution in [0.2, 0.25) is 0 Å². The molecule has 0 aromatic rings. The molecule has 1 heterocycles. The molecule has 0 saturated carbocycles. The van der Waals surface area contributed by atoms with Crippen LogP contribution in [0.1, 0.15) is 33.6 Å². The summed E-state index contributed by atoms with van der Waals surface area (Å²) in [4.78, 5) is 12.3. The van der Waals surface area contributed by atoms with Crippen molar-refractivity contribution in [2.45, 2.75) is 45.2 Å². The van der Waals surface area contributed by atoms with Crippen LogP contribution in [-0.4, -0.2) is 36.1 Å². The van der Waals surface area contributed by atoms with E-state index in [0.29, 0.717) is 6.42 Å². The third-order valence-electron chi connectivity index (χ3n) is 2.36. The number of halogens is 3. The maximum Gasteiger partial charge on any atom is 1.00 e. The summed E-state index contributed by atoms with van der Waals surface area (Å²) in [5.74, 6) is -1.63. The van der Waals surface area contributed by atoms with Crippen LogP contribution >= 0.6 is 0 Å². The Labute approximate surface area is 142 Å². The van der Waals surface area contributed by atoms with E-state index >= 15 is 0 Å². The van der Waals surface area contributed by atoms with Crippen LogP contribution in [0.25, 0.3) is 0 Å². The van der Waals surface area contributed by atoms with Crippen molar-refractivity contribution < 1.29 is 73.9 Å². The first-order chi connectivity index (χ1) is 7.11. The van der Waals surface area contributed by atoms with Gasteiger partial charge in [0.15, 0.2) is 0 Å². The van der Waals surface area contributed by atoms with E-state index in [1.165, 1.54) is 0 Å². The molecule has 1 aliphatic heterocycles. The molecule has 1 amide bonds. The molecule has 0 bridgehead atoms. The molecule has 1 atom stereocenters. The van der Waals surface area contributed by atoms with Gasteiger partial charge >= 0.3 is 64.5 Å². The zero-order valence-electron chi connectivity index (χ0n) is 10.7. The second-order valence-corrected chi connectivity index (χ2v) is 5.01. The summed E-state index contributed by atoms with van der Waals surface area (Å²) in [7, 11) is 0. The van der Waals surface area contributed by atoms with Crippen molar-refractivity contribution in [1.29, 1.82) is 0 Å². The van der Waals surface area contributed by atoms with E-state index in [1.807, 2.05) is 0 Å². The number of rotatable bonds is 1. The van der Waals surface area contributed by atoms with Crippen LogP contribution in [-0.2, 0) is 4.74 Å². The smallest absolute Gasteiger partial charge is 0.448 e. The molecule has 1 aliphatic rings. The van der Waals surface area contributed by atoms with Gasteiger partial charge in [0.2, 0.25) is 0 Å². The third kappa shape index (κ3) is 5.50. The molecule has 0 spiro atoms. The normalized spacial score (nSPS) is 21.1. The summed E-state index contributed by atoms with van der Waals surface area (Å²) >= 11 is 0. The molecule has 8 heteroatoms. The Hall–Kier alpha value is 0.761. The van der Waals surface area contributed by atoms with Crippen molar-refractivity contribution in [3.63, 3.8) is 0 Å². The van der Waals surface area contributed by atoms with Crippen LogP contribution in [0.3, 0.4) is 0 Å².